The zero-order valence-corrected chi connectivity index (χ0v) is 12.1. The van der Waals surface area contributed by atoms with Crippen LogP contribution in [0, 0.1) is 0 Å². The third kappa shape index (κ3) is 4.79. The molecule has 2 heteroatoms. The highest BCUT2D eigenvalue weighted by Crippen LogP contribution is 2.18. The van der Waals surface area contributed by atoms with E-state index in [0.717, 1.165) is 12.0 Å². The lowest BCUT2D eigenvalue weighted by molar-refractivity contribution is 0.170. The number of nitrogens with one attached hydrogen (secondary N) is 1. The minimum absolute atomic E-state index is 0.412. The van der Waals surface area contributed by atoms with Gasteiger partial charge in [-0.25, -0.2) is 0 Å². The number of aliphatic hydroxyl groups is 1. The molecule has 0 radical (unpaired) electrons. The van der Waals surface area contributed by atoms with Crippen LogP contribution in [-0.2, 0) is 0 Å². The van der Waals surface area contributed by atoms with E-state index in [9.17, 15) is 5.11 Å². The SMILES string of the molecule is CCCC(C)NCC(O)c1ccc(C(C)C)cc1. The normalized spacial score (nSPS) is 14.8. The van der Waals surface area contributed by atoms with E-state index in [1.165, 1.54) is 12.0 Å². The molecule has 1 aromatic rings. The fourth-order valence-corrected chi connectivity index (χ4v) is 2.07. The van der Waals surface area contributed by atoms with Crippen LogP contribution >= 0.6 is 0 Å². The summed E-state index contributed by atoms with van der Waals surface area (Å²) < 4.78 is 0. The molecule has 2 N–H and O–H groups in total. The molecule has 0 saturated carbocycles. The Morgan fingerprint density at radius 3 is 2.11 bits per heavy atom. The van der Waals surface area contributed by atoms with E-state index >= 15 is 0 Å². The van der Waals surface area contributed by atoms with Gasteiger partial charge in [0.1, 0.15) is 0 Å². The molecule has 0 fully saturated rings. The van der Waals surface area contributed by atoms with Gasteiger partial charge in [0.05, 0.1) is 6.10 Å². The minimum atomic E-state index is -0.412. The molecule has 2 unspecified atom stereocenters. The molecule has 0 bridgehead atoms. The number of rotatable bonds is 7. The maximum atomic E-state index is 10.1. The van der Waals surface area contributed by atoms with Gasteiger partial charge in [-0.2, -0.15) is 0 Å². The highest BCUT2D eigenvalue weighted by Gasteiger charge is 2.09. The molecule has 0 aromatic heterocycles. The number of aliphatic hydroxyl groups excluding tert-OH is 1. The zero-order valence-electron chi connectivity index (χ0n) is 12.1. The maximum absolute atomic E-state index is 10.1. The van der Waals surface area contributed by atoms with Crippen molar-refractivity contribution in [3.63, 3.8) is 0 Å². The Labute approximate surface area is 111 Å². The fourth-order valence-electron chi connectivity index (χ4n) is 2.07. The van der Waals surface area contributed by atoms with E-state index in [2.05, 4.69) is 45.1 Å². The summed E-state index contributed by atoms with van der Waals surface area (Å²) in [6.07, 6.45) is 1.91. The average Bonchev–Trinajstić information content (AvgIpc) is 2.36. The first kappa shape index (κ1) is 15.2. The molecule has 0 saturated heterocycles. The van der Waals surface area contributed by atoms with Crippen LogP contribution in [0.5, 0.6) is 0 Å². The zero-order chi connectivity index (χ0) is 13.5. The number of benzene rings is 1. The highest BCUT2D eigenvalue weighted by atomic mass is 16.3. The van der Waals surface area contributed by atoms with Crippen LogP contribution in [0.25, 0.3) is 0 Å². The second-order valence-electron chi connectivity index (χ2n) is 5.44. The molecule has 0 amide bonds. The van der Waals surface area contributed by atoms with E-state index < -0.39 is 6.10 Å². The van der Waals surface area contributed by atoms with Crippen molar-refractivity contribution in [2.24, 2.45) is 0 Å². The van der Waals surface area contributed by atoms with Crippen molar-refractivity contribution in [1.29, 1.82) is 0 Å². The summed E-state index contributed by atoms with van der Waals surface area (Å²) in [6, 6.07) is 8.76. The molecule has 0 aliphatic carbocycles. The summed E-state index contributed by atoms with van der Waals surface area (Å²) in [7, 11) is 0. The quantitative estimate of drug-likeness (QED) is 0.773. The van der Waals surface area contributed by atoms with Crippen LogP contribution < -0.4 is 5.32 Å². The van der Waals surface area contributed by atoms with Crippen molar-refractivity contribution in [1.82, 2.24) is 5.32 Å². The lowest BCUT2D eigenvalue weighted by Crippen LogP contribution is -2.30. The van der Waals surface area contributed by atoms with Gasteiger partial charge in [-0.1, -0.05) is 51.5 Å². The first-order valence-corrected chi connectivity index (χ1v) is 7.05. The smallest absolute Gasteiger partial charge is 0.0914 e. The first-order valence-electron chi connectivity index (χ1n) is 7.05. The molecule has 1 rings (SSSR count). The molecule has 0 aliphatic rings. The van der Waals surface area contributed by atoms with Crippen LogP contribution in [0.4, 0.5) is 0 Å². The highest BCUT2D eigenvalue weighted by molar-refractivity contribution is 5.26. The first-order chi connectivity index (χ1) is 8.54. The van der Waals surface area contributed by atoms with Crippen LogP contribution in [-0.4, -0.2) is 17.7 Å². The summed E-state index contributed by atoms with van der Waals surface area (Å²) >= 11 is 0. The average molecular weight is 249 g/mol. The predicted molar refractivity (Wildman–Crippen MR) is 77.9 cm³/mol. The standard InChI is InChI=1S/C16H27NO/c1-5-6-13(4)17-11-16(18)15-9-7-14(8-10-15)12(2)3/h7-10,12-13,16-18H,5-6,11H2,1-4H3. The molecule has 1 aromatic carbocycles. The van der Waals surface area contributed by atoms with Gasteiger partial charge in [0.25, 0.3) is 0 Å². The number of hydrogen-bond acceptors (Lipinski definition) is 2. The molecule has 0 spiro atoms. The Morgan fingerprint density at radius 1 is 1.06 bits per heavy atom. The summed E-state index contributed by atoms with van der Waals surface area (Å²) in [4.78, 5) is 0. The van der Waals surface area contributed by atoms with Gasteiger partial charge in [0, 0.05) is 12.6 Å². The second-order valence-corrected chi connectivity index (χ2v) is 5.44. The Kier molecular flexibility index (Phi) is 6.37. The van der Waals surface area contributed by atoms with Crippen LogP contribution in [0.3, 0.4) is 0 Å². The fraction of sp³-hybridized carbons (Fsp3) is 0.625. The minimum Gasteiger partial charge on any atom is -0.387 e. The third-order valence-corrected chi connectivity index (χ3v) is 3.37. The topological polar surface area (TPSA) is 32.3 Å². The summed E-state index contributed by atoms with van der Waals surface area (Å²) in [5.74, 6) is 0.541. The summed E-state index contributed by atoms with van der Waals surface area (Å²) in [5, 5.41) is 13.5. The Balaban J connectivity index is 2.48. The molecule has 0 aliphatic heterocycles. The Bertz CT molecular complexity index is 331. The van der Waals surface area contributed by atoms with E-state index in [-0.39, 0.29) is 0 Å². The van der Waals surface area contributed by atoms with Gasteiger partial charge in [-0.15, -0.1) is 0 Å². The van der Waals surface area contributed by atoms with Gasteiger partial charge >= 0.3 is 0 Å². The molecule has 2 nitrogen and oxygen atoms in total. The maximum Gasteiger partial charge on any atom is 0.0914 e. The van der Waals surface area contributed by atoms with Crippen molar-refractivity contribution in [3.05, 3.63) is 35.4 Å². The van der Waals surface area contributed by atoms with Gasteiger partial charge in [-0.3, -0.25) is 0 Å². The summed E-state index contributed by atoms with van der Waals surface area (Å²) in [6.45, 7) is 9.33. The summed E-state index contributed by atoms with van der Waals surface area (Å²) in [5.41, 5.74) is 2.31. The molecule has 102 valence electrons. The Morgan fingerprint density at radius 2 is 1.61 bits per heavy atom. The number of hydrogen-bond donors (Lipinski definition) is 2. The van der Waals surface area contributed by atoms with E-state index in [0.29, 0.717) is 18.5 Å². The predicted octanol–water partition coefficient (Wildman–Crippen LogP) is 3.62. The van der Waals surface area contributed by atoms with E-state index in [1.54, 1.807) is 0 Å². The van der Waals surface area contributed by atoms with Gasteiger partial charge < -0.3 is 10.4 Å². The van der Waals surface area contributed by atoms with Gasteiger partial charge in [0.2, 0.25) is 0 Å². The largest absolute Gasteiger partial charge is 0.387 e. The molecule has 0 heterocycles. The van der Waals surface area contributed by atoms with Crippen LogP contribution in [0.2, 0.25) is 0 Å². The van der Waals surface area contributed by atoms with E-state index in [1.807, 2.05) is 12.1 Å². The van der Waals surface area contributed by atoms with Crippen molar-refractivity contribution >= 4 is 0 Å². The van der Waals surface area contributed by atoms with E-state index in [4.69, 9.17) is 0 Å². The molecule has 2 atom stereocenters. The molecular weight excluding hydrogens is 222 g/mol. The molecular formula is C16H27NO. The lowest BCUT2D eigenvalue weighted by Gasteiger charge is -2.17. The monoisotopic (exact) mass is 249 g/mol. The van der Waals surface area contributed by atoms with Crippen LogP contribution in [0.15, 0.2) is 24.3 Å². The van der Waals surface area contributed by atoms with Crippen molar-refractivity contribution in [3.8, 4) is 0 Å². The van der Waals surface area contributed by atoms with Crippen molar-refractivity contribution in [2.45, 2.75) is 58.6 Å². The van der Waals surface area contributed by atoms with Gasteiger partial charge in [0.15, 0.2) is 0 Å². The van der Waals surface area contributed by atoms with Crippen molar-refractivity contribution in [2.75, 3.05) is 6.54 Å². The third-order valence-electron chi connectivity index (χ3n) is 3.37. The Hall–Kier alpha value is -0.860. The van der Waals surface area contributed by atoms with Gasteiger partial charge in [-0.05, 0) is 30.4 Å². The molecule has 18 heavy (non-hydrogen) atoms. The van der Waals surface area contributed by atoms with Crippen molar-refractivity contribution < 1.29 is 5.11 Å². The lowest BCUT2D eigenvalue weighted by atomic mass is 10.00. The second kappa shape index (κ2) is 7.55. The van der Waals surface area contributed by atoms with Crippen LogP contribution in [0.1, 0.15) is 63.7 Å².